The molecular formula is C8H7BrN4O. The van der Waals surface area contributed by atoms with Crippen LogP contribution in [-0.4, -0.2) is 15.1 Å². The van der Waals surface area contributed by atoms with Crippen molar-refractivity contribution >= 4 is 21.9 Å². The van der Waals surface area contributed by atoms with Gasteiger partial charge in [-0.05, 0) is 15.9 Å². The fraction of sp³-hybridized carbons (Fsp3) is 0.125. The van der Waals surface area contributed by atoms with Crippen LogP contribution in [0.2, 0.25) is 0 Å². The first-order chi connectivity index (χ1) is 6.84. The van der Waals surface area contributed by atoms with Gasteiger partial charge in [-0.15, -0.1) is 0 Å². The zero-order valence-electron chi connectivity index (χ0n) is 7.14. The van der Waals surface area contributed by atoms with Crippen LogP contribution in [0, 0.1) is 0 Å². The monoisotopic (exact) mass is 254 g/mol. The van der Waals surface area contributed by atoms with Crippen molar-refractivity contribution in [1.82, 2.24) is 15.1 Å². The molecule has 0 atom stereocenters. The molecule has 2 rings (SSSR count). The molecule has 14 heavy (non-hydrogen) atoms. The number of rotatable bonds is 3. The summed E-state index contributed by atoms with van der Waals surface area (Å²) in [6.07, 6.45) is 4.88. The van der Waals surface area contributed by atoms with E-state index in [1.54, 1.807) is 18.5 Å². The van der Waals surface area contributed by atoms with Crippen LogP contribution in [0.1, 0.15) is 5.69 Å². The van der Waals surface area contributed by atoms with Gasteiger partial charge < -0.3 is 9.84 Å². The molecule has 0 radical (unpaired) electrons. The van der Waals surface area contributed by atoms with Gasteiger partial charge in [-0.2, -0.15) is 0 Å². The maximum atomic E-state index is 4.68. The van der Waals surface area contributed by atoms with E-state index < -0.39 is 0 Å². The SMILES string of the molecule is Brc1cnc(NCc2ccon2)nc1. The van der Waals surface area contributed by atoms with E-state index >= 15 is 0 Å². The molecule has 0 saturated carbocycles. The lowest BCUT2D eigenvalue weighted by molar-refractivity contribution is 0.412. The molecule has 6 heteroatoms. The van der Waals surface area contributed by atoms with Gasteiger partial charge in [-0.3, -0.25) is 0 Å². The van der Waals surface area contributed by atoms with Crippen molar-refractivity contribution in [3.05, 3.63) is 34.9 Å². The van der Waals surface area contributed by atoms with Crippen molar-refractivity contribution in [2.75, 3.05) is 5.32 Å². The molecule has 0 fully saturated rings. The number of halogens is 1. The number of nitrogens with one attached hydrogen (secondary N) is 1. The van der Waals surface area contributed by atoms with Gasteiger partial charge in [-0.1, -0.05) is 5.16 Å². The number of anilines is 1. The normalized spacial score (nSPS) is 10.1. The zero-order chi connectivity index (χ0) is 9.80. The van der Waals surface area contributed by atoms with Crippen LogP contribution in [0.4, 0.5) is 5.95 Å². The lowest BCUT2D eigenvalue weighted by Gasteiger charge is -2.00. The van der Waals surface area contributed by atoms with E-state index in [1.165, 1.54) is 6.26 Å². The Morgan fingerprint density at radius 3 is 2.79 bits per heavy atom. The van der Waals surface area contributed by atoms with E-state index in [4.69, 9.17) is 0 Å². The van der Waals surface area contributed by atoms with E-state index in [0.29, 0.717) is 12.5 Å². The predicted molar refractivity (Wildman–Crippen MR) is 53.6 cm³/mol. The molecule has 1 N–H and O–H groups in total. The highest BCUT2D eigenvalue weighted by Crippen LogP contribution is 2.07. The fourth-order valence-corrected chi connectivity index (χ4v) is 1.11. The Balaban J connectivity index is 1.95. The molecule has 0 bridgehead atoms. The van der Waals surface area contributed by atoms with E-state index in [1.807, 2.05) is 0 Å². The third kappa shape index (κ3) is 2.29. The second kappa shape index (κ2) is 4.19. The Labute approximate surface area is 88.7 Å². The summed E-state index contributed by atoms with van der Waals surface area (Å²) in [6, 6.07) is 1.78. The summed E-state index contributed by atoms with van der Waals surface area (Å²) >= 11 is 3.26. The summed E-state index contributed by atoms with van der Waals surface area (Å²) in [5.41, 5.74) is 0.816. The van der Waals surface area contributed by atoms with Crippen LogP contribution in [0.15, 0.2) is 33.7 Å². The van der Waals surface area contributed by atoms with Crippen molar-refractivity contribution in [3.8, 4) is 0 Å². The standard InChI is InChI=1S/C8H7BrN4O/c9-6-3-10-8(11-4-6)12-5-7-1-2-14-13-7/h1-4H,5H2,(H,10,11,12). The molecule has 0 aromatic carbocycles. The molecule has 0 aliphatic rings. The minimum atomic E-state index is 0.554. The highest BCUT2D eigenvalue weighted by molar-refractivity contribution is 9.10. The first kappa shape index (κ1) is 9.14. The smallest absolute Gasteiger partial charge is 0.222 e. The summed E-state index contributed by atoms with van der Waals surface area (Å²) in [4.78, 5) is 8.10. The Hall–Kier alpha value is -1.43. The largest absolute Gasteiger partial charge is 0.364 e. The second-order valence-electron chi connectivity index (χ2n) is 2.57. The summed E-state index contributed by atoms with van der Waals surface area (Å²) < 4.78 is 5.54. The molecule has 2 heterocycles. The Kier molecular flexibility index (Phi) is 2.73. The van der Waals surface area contributed by atoms with Crippen LogP contribution in [0.3, 0.4) is 0 Å². The molecule has 5 nitrogen and oxygen atoms in total. The second-order valence-corrected chi connectivity index (χ2v) is 3.48. The third-order valence-electron chi connectivity index (χ3n) is 1.54. The van der Waals surface area contributed by atoms with E-state index in [0.717, 1.165) is 10.2 Å². The molecule has 0 spiro atoms. The molecular weight excluding hydrogens is 248 g/mol. The lowest BCUT2D eigenvalue weighted by atomic mass is 10.4. The maximum Gasteiger partial charge on any atom is 0.222 e. The Morgan fingerprint density at radius 1 is 1.36 bits per heavy atom. The molecule has 2 aromatic heterocycles. The average Bonchev–Trinajstić information content (AvgIpc) is 2.70. The predicted octanol–water partition coefficient (Wildman–Crippen LogP) is 1.84. The van der Waals surface area contributed by atoms with Gasteiger partial charge in [0.2, 0.25) is 5.95 Å². The maximum absolute atomic E-state index is 4.68. The molecule has 72 valence electrons. The Bertz CT molecular complexity index is 386. The molecule has 0 saturated heterocycles. The summed E-state index contributed by atoms with van der Waals surface area (Å²) in [5.74, 6) is 0.566. The average molecular weight is 255 g/mol. The van der Waals surface area contributed by atoms with Gasteiger partial charge in [0.1, 0.15) is 12.0 Å². The van der Waals surface area contributed by atoms with Crippen molar-refractivity contribution in [1.29, 1.82) is 0 Å². The van der Waals surface area contributed by atoms with E-state index in [-0.39, 0.29) is 0 Å². The summed E-state index contributed by atoms with van der Waals surface area (Å²) in [5, 5.41) is 6.76. The number of hydrogen-bond donors (Lipinski definition) is 1. The van der Waals surface area contributed by atoms with E-state index in [9.17, 15) is 0 Å². The van der Waals surface area contributed by atoms with Gasteiger partial charge in [0, 0.05) is 18.5 Å². The van der Waals surface area contributed by atoms with Gasteiger partial charge in [0.15, 0.2) is 0 Å². The van der Waals surface area contributed by atoms with Gasteiger partial charge in [-0.25, -0.2) is 9.97 Å². The lowest BCUT2D eigenvalue weighted by Crippen LogP contribution is -2.03. The quantitative estimate of drug-likeness (QED) is 0.906. The van der Waals surface area contributed by atoms with Crippen molar-refractivity contribution in [2.45, 2.75) is 6.54 Å². The molecule has 0 unspecified atom stereocenters. The molecule has 2 aromatic rings. The minimum Gasteiger partial charge on any atom is -0.364 e. The van der Waals surface area contributed by atoms with Crippen LogP contribution in [-0.2, 0) is 6.54 Å². The number of aromatic nitrogens is 3. The van der Waals surface area contributed by atoms with Gasteiger partial charge >= 0.3 is 0 Å². The molecule has 0 aliphatic heterocycles. The highest BCUT2D eigenvalue weighted by atomic mass is 79.9. The van der Waals surface area contributed by atoms with Crippen LogP contribution >= 0.6 is 15.9 Å². The minimum absolute atomic E-state index is 0.554. The fourth-order valence-electron chi connectivity index (χ4n) is 0.902. The van der Waals surface area contributed by atoms with Crippen molar-refractivity contribution in [3.63, 3.8) is 0 Å². The number of hydrogen-bond acceptors (Lipinski definition) is 5. The summed E-state index contributed by atoms with van der Waals surface area (Å²) in [7, 11) is 0. The van der Waals surface area contributed by atoms with Gasteiger partial charge in [0.25, 0.3) is 0 Å². The van der Waals surface area contributed by atoms with Crippen LogP contribution in [0.5, 0.6) is 0 Å². The Morgan fingerprint density at radius 2 is 2.14 bits per heavy atom. The van der Waals surface area contributed by atoms with Crippen LogP contribution in [0.25, 0.3) is 0 Å². The molecule has 0 amide bonds. The van der Waals surface area contributed by atoms with Crippen molar-refractivity contribution in [2.24, 2.45) is 0 Å². The van der Waals surface area contributed by atoms with Gasteiger partial charge in [0.05, 0.1) is 11.0 Å². The van der Waals surface area contributed by atoms with E-state index in [2.05, 4.69) is 40.9 Å². The number of nitrogens with zero attached hydrogens (tertiary/aromatic N) is 3. The first-order valence-corrected chi connectivity index (χ1v) is 4.74. The van der Waals surface area contributed by atoms with Crippen molar-refractivity contribution < 1.29 is 4.52 Å². The zero-order valence-corrected chi connectivity index (χ0v) is 8.73. The molecule has 0 aliphatic carbocycles. The summed E-state index contributed by atoms with van der Waals surface area (Å²) in [6.45, 7) is 0.554. The first-order valence-electron chi connectivity index (χ1n) is 3.95. The third-order valence-corrected chi connectivity index (χ3v) is 1.95. The topological polar surface area (TPSA) is 63.8 Å². The van der Waals surface area contributed by atoms with Crippen LogP contribution < -0.4 is 5.32 Å². The highest BCUT2D eigenvalue weighted by Gasteiger charge is 1.98.